The van der Waals surface area contributed by atoms with E-state index < -0.39 is 0 Å². The van der Waals surface area contributed by atoms with Crippen LogP contribution in [0.2, 0.25) is 0 Å². The fourth-order valence-electron chi connectivity index (χ4n) is 10.3. The number of anilines is 6. The Morgan fingerprint density at radius 1 is 0.466 bits per heavy atom. The third-order valence-corrected chi connectivity index (χ3v) is 13.0. The number of rotatable bonds is 8. The van der Waals surface area contributed by atoms with Crippen molar-refractivity contribution in [3.05, 3.63) is 174 Å². The predicted octanol–water partition coefficient (Wildman–Crippen LogP) is 16.0. The molecule has 2 aliphatic rings. The summed E-state index contributed by atoms with van der Waals surface area (Å²) in [7, 11) is 0. The quantitative estimate of drug-likeness (QED) is 0.115. The zero-order valence-corrected chi connectivity index (χ0v) is 32.9. The lowest BCUT2D eigenvalue weighted by Gasteiger charge is -2.33. The summed E-state index contributed by atoms with van der Waals surface area (Å²) >= 11 is 0. The largest absolute Gasteiger partial charge is 0.310 e. The highest BCUT2D eigenvalue weighted by Gasteiger charge is 2.29. The normalized spacial score (nSPS) is 15.1. The summed E-state index contributed by atoms with van der Waals surface area (Å²) in [6.07, 6.45) is 12.4. The second-order valence-electron chi connectivity index (χ2n) is 16.3. The van der Waals surface area contributed by atoms with Gasteiger partial charge in [-0.1, -0.05) is 111 Å². The van der Waals surface area contributed by atoms with Gasteiger partial charge in [-0.05, 0) is 143 Å². The molecule has 0 aromatic heterocycles. The molecule has 0 N–H and O–H groups in total. The number of hydrogen-bond acceptors (Lipinski definition) is 3. The molecule has 10 rings (SSSR count). The van der Waals surface area contributed by atoms with Gasteiger partial charge < -0.3 is 9.80 Å². The molecule has 2 aliphatic carbocycles. The van der Waals surface area contributed by atoms with Crippen molar-refractivity contribution in [2.75, 3.05) is 9.80 Å². The Morgan fingerprint density at radius 3 is 1.28 bits per heavy atom. The molecule has 58 heavy (non-hydrogen) atoms. The zero-order chi connectivity index (χ0) is 39.0. The Balaban J connectivity index is 1.33. The van der Waals surface area contributed by atoms with E-state index >= 15 is 0 Å². The molecule has 0 spiro atoms. The van der Waals surface area contributed by atoms with Crippen molar-refractivity contribution in [2.24, 2.45) is 0 Å². The summed E-state index contributed by atoms with van der Waals surface area (Å²) in [6, 6.07) is 54.7. The summed E-state index contributed by atoms with van der Waals surface area (Å²) in [5.41, 5.74) is 10.8. The first kappa shape index (κ1) is 35.8. The van der Waals surface area contributed by atoms with Crippen molar-refractivity contribution in [3.8, 4) is 6.07 Å². The Kier molecular flexibility index (Phi) is 9.48. The maximum Gasteiger partial charge on any atom is 0.187 e. The number of para-hydroxylation sites is 2. The Hall–Kier alpha value is -6.62. The summed E-state index contributed by atoms with van der Waals surface area (Å²) < 4.78 is 0. The topological polar surface area (TPSA) is 34.6 Å². The van der Waals surface area contributed by atoms with Gasteiger partial charge in [0.15, 0.2) is 5.69 Å². The molecule has 0 aliphatic heterocycles. The number of hydrogen-bond donors (Lipinski definition) is 0. The van der Waals surface area contributed by atoms with E-state index in [4.69, 9.17) is 6.57 Å². The molecule has 2 saturated carbocycles. The lowest BCUT2D eigenvalue weighted by atomic mass is 9.77. The maximum atomic E-state index is 9.75. The molecule has 2 fully saturated rings. The van der Waals surface area contributed by atoms with E-state index in [1.54, 1.807) is 0 Å². The Labute approximate surface area is 341 Å². The lowest BCUT2D eigenvalue weighted by molar-refractivity contribution is 0.445. The van der Waals surface area contributed by atoms with E-state index in [0.717, 1.165) is 22.7 Å². The minimum Gasteiger partial charge on any atom is -0.310 e. The molecule has 0 unspecified atom stereocenters. The zero-order valence-electron chi connectivity index (χ0n) is 32.9. The SMILES string of the molecule is [C-]#[N+]c1ccc(N(c2ccccc2)c2cc(C3CCCCC3)c3ccc4c(N(c5ccccc5)c5ccc(C#N)cc5)cc(C5CCCCC5)c5ccc2c3c54)cc1. The van der Waals surface area contributed by atoms with E-state index in [1.165, 1.54) is 119 Å². The molecule has 4 heteroatoms. The number of nitriles is 1. The van der Waals surface area contributed by atoms with Crippen molar-refractivity contribution in [3.63, 3.8) is 0 Å². The summed E-state index contributed by atoms with van der Waals surface area (Å²) in [6.45, 7) is 7.68. The van der Waals surface area contributed by atoms with Gasteiger partial charge in [-0.15, -0.1) is 0 Å². The Morgan fingerprint density at radius 2 is 0.862 bits per heavy atom. The fraction of sp³-hybridized carbons (Fsp3) is 0.222. The van der Waals surface area contributed by atoms with Gasteiger partial charge in [0.25, 0.3) is 0 Å². The van der Waals surface area contributed by atoms with Crippen LogP contribution in [0.25, 0.3) is 37.2 Å². The highest BCUT2D eigenvalue weighted by atomic mass is 15.1. The molecule has 0 amide bonds. The molecule has 0 bridgehead atoms. The Bertz CT molecular complexity index is 2600. The van der Waals surface area contributed by atoms with Gasteiger partial charge in [0, 0.05) is 33.5 Å². The van der Waals surface area contributed by atoms with E-state index in [0.29, 0.717) is 23.1 Å². The summed E-state index contributed by atoms with van der Waals surface area (Å²) in [5.74, 6) is 0.964. The molecule has 282 valence electrons. The van der Waals surface area contributed by atoms with Crippen LogP contribution in [0.5, 0.6) is 0 Å². The molecule has 0 heterocycles. The van der Waals surface area contributed by atoms with E-state index in [2.05, 4.69) is 142 Å². The first-order chi connectivity index (χ1) is 28.7. The summed E-state index contributed by atoms with van der Waals surface area (Å²) in [4.78, 5) is 8.56. The first-order valence-electron chi connectivity index (χ1n) is 21.2. The molecular formula is C54H46N4. The van der Waals surface area contributed by atoms with Gasteiger partial charge in [-0.25, -0.2) is 4.85 Å². The van der Waals surface area contributed by atoms with Crippen LogP contribution in [0.4, 0.5) is 39.8 Å². The molecule has 0 atom stereocenters. The predicted molar refractivity (Wildman–Crippen MR) is 242 cm³/mol. The fourth-order valence-corrected chi connectivity index (χ4v) is 10.3. The van der Waals surface area contributed by atoms with Crippen LogP contribution in [0, 0.1) is 17.9 Å². The second kappa shape index (κ2) is 15.4. The van der Waals surface area contributed by atoms with Crippen LogP contribution >= 0.6 is 0 Å². The van der Waals surface area contributed by atoms with Gasteiger partial charge in [-0.2, -0.15) is 5.26 Å². The van der Waals surface area contributed by atoms with Crippen LogP contribution in [0.1, 0.15) is 92.7 Å². The second-order valence-corrected chi connectivity index (χ2v) is 16.3. The molecule has 4 nitrogen and oxygen atoms in total. The maximum absolute atomic E-state index is 9.75. The van der Waals surface area contributed by atoms with Crippen LogP contribution < -0.4 is 9.80 Å². The van der Waals surface area contributed by atoms with E-state index in [9.17, 15) is 5.26 Å². The molecule has 0 saturated heterocycles. The third-order valence-electron chi connectivity index (χ3n) is 13.0. The van der Waals surface area contributed by atoms with E-state index in [-0.39, 0.29) is 0 Å². The van der Waals surface area contributed by atoms with Gasteiger partial charge >= 0.3 is 0 Å². The standard InChI is InChI=1S/C54H46N4/c1-56-40-24-28-44(29-25-40)58(42-20-12-5-13-21-42)52-35-50(39-16-8-3-9-17-39)46-30-32-47-51(57(41-18-10-4-11-19-41)43-26-22-37(36-55)23-27-43)34-49(38-14-6-2-7-15-38)45-31-33-48(52)54(46)53(45)47/h4-5,10-13,18-35,38-39H,2-3,6-9,14-17H2. The van der Waals surface area contributed by atoms with Crippen LogP contribution in [0.3, 0.4) is 0 Å². The smallest absolute Gasteiger partial charge is 0.187 e. The molecule has 0 radical (unpaired) electrons. The van der Waals surface area contributed by atoms with Gasteiger partial charge in [0.05, 0.1) is 29.6 Å². The average Bonchev–Trinajstić information content (AvgIpc) is 3.30. The average molecular weight is 751 g/mol. The lowest BCUT2D eigenvalue weighted by Crippen LogP contribution is -2.14. The third kappa shape index (κ3) is 6.31. The van der Waals surface area contributed by atoms with Crippen molar-refractivity contribution in [2.45, 2.75) is 76.0 Å². The monoisotopic (exact) mass is 750 g/mol. The van der Waals surface area contributed by atoms with Crippen molar-refractivity contribution in [1.82, 2.24) is 0 Å². The minimum absolute atomic E-state index is 0.481. The van der Waals surface area contributed by atoms with Crippen molar-refractivity contribution in [1.29, 1.82) is 5.26 Å². The highest BCUT2D eigenvalue weighted by Crippen LogP contribution is 2.53. The van der Waals surface area contributed by atoms with E-state index in [1.807, 2.05) is 24.3 Å². The van der Waals surface area contributed by atoms with Crippen molar-refractivity contribution >= 4 is 72.1 Å². The van der Waals surface area contributed by atoms with Crippen LogP contribution in [-0.2, 0) is 0 Å². The molecular weight excluding hydrogens is 705 g/mol. The van der Waals surface area contributed by atoms with Crippen molar-refractivity contribution < 1.29 is 0 Å². The number of benzene rings is 8. The molecule has 8 aromatic carbocycles. The first-order valence-corrected chi connectivity index (χ1v) is 21.2. The van der Waals surface area contributed by atoms with Gasteiger partial charge in [-0.3, -0.25) is 0 Å². The summed E-state index contributed by atoms with van der Waals surface area (Å²) in [5, 5.41) is 17.7. The minimum atomic E-state index is 0.481. The number of nitrogens with zero attached hydrogens (tertiary/aromatic N) is 4. The highest BCUT2D eigenvalue weighted by molar-refractivity contribution is 6.29. The van der Waals surface area contributed by atoms with Gasteiger partial charge in [0.2, 0.25) is 0 Å². The van der Waals surface area contributed by atoms with Crippen LogP contribution in [-0.4, -0.2) is 0 Å². The molecule has 8 aromatic rings. The van der Waals surface area contributed by atoms with Crippen LogP contribution in [0.15, 0.2) is 146 Å². The van der Waals surface area contributed by atoms with Gasteiger partial charge in [0.1, 0.15) is 0 Å².